The zero-order valence-electron chi connectivity index (χ0n) is 13.6. The van der Waals surface area contributed by atoms with Crippen LogP contribution in [0.2, 0.25) is 0 Å². The van der Waals surface area contributed by atoms with Crippen LogP contribution in [0.25, 0.3) is 0 Å². The topological polar surface area (TPSA) is 62.5 Å². The Bertz CT molecular complexity index is 663. The number of halogens is 1. The quantitative estimate of drug-likeness (QED) is 0.415. The molecule has 2 aromatic rings. The molecule has 23 heavy (non-hydrogen) atoms. The first-order valence-electron chi connectivity index (χ1n) is 7.63. The molecule has 3 rings (SSSR count). The van der Waals surface area contributed by atoms with Crippen molar-refractivity contribution in [2.45, 2.75) is 45.2 Å². The largest absolute Gasteiger partial charge is 0.464 e. The first-order chi connectivity index (χ1) is 10.7. The van der Waals surface area contributed by atoms with Crippen LogP contribution >= 0.6 is 35.3 Å². The van der Waals surface area contributed by atoms with Gasteiger partial charge in [0.2, 0.25) is 0 Å². The third-order valence-corrected chi connectivity index (χ3v) is 4.75. The van der Waals surface area contributed by atoms with Crippen molar-refractivity contribution in [1.82, 2.24) is 15.6 Å². The van der Waals surface area contributed by atoms with Crippen molar-refractivity contribution in [2.75, 3.05) is 7.05 Å². The summed E-state index contributed by atoms with van der Waals surface area (Å²) in [6, 6.07) is 4.03. The van der Waals surface area contributed by atoms with Gasteiger partial charge in [-0.1, -0.05) is 0 Å². The van der Waals surface area contributed by atoms with Gasteiger partial charge in [-0.15, -0.1) is 35.3 Å². The van der Waals surface area contributed by atoms with Crippen LogP contribution < -0.4 is 10.6 Å². The monoisotopic (exact) mass is 446 g/mol. The Hall–Kier alpha value is -1.09. The minimum atomic E-state index is 0. The smallest absolute Gasteiger partial charge is 0.191 e. The minimum Gasteiger partial charge on any atom is -0.464 e. The molecule has 0 aliphatic heterocycles. The summed E-state index contributed by atoms with van der Waals surface area (Å²) in [4.78, 5) is 8.93. The van der Waals surface area contributed by atoms with E-state index in [2.05, 4.69) is 32.9 Å². The molecule has 1 atom stereocenters. The molecule has 0 saturated heterocycles. The van der Waals surface area contributed by atoms with Gasteiger partial charge in [0.25, 0.3) is 0 Å². The highest BCUT2D eigenvalue weighted by atomic mass is 127. The second-order valence-electron chi connectivity index (χ2n) is 5.69. The molecule has 0 amide bonds. The maximum Gasteiger partial charge on any atom is 0.191 e. The zero-order valence-corrected chi connectivity index (χ0v) is 16.8. The zero-order chi connectivity index (χ0) is 15.5. The Morgan fingerprint density at radius 1 is 1.48 bits per heavy atom. The van der Waals surface area contributed by atoms with E-state index < -0.39 is 0 Å². The molecule has 2 N–H and O–H groups in total. The van der Waals surface area contributed by atoms with E-state index in [4.69, 9.17) is 4.42 Å². The van der Waals surface area contributed by atoms with E-state index in [0.29, 0.717) is 6.54 Å². The molecule has 1 fully saturated rings. The number of aryl methyl sites for hydroxylation is 1. The number of hydrogen-bond donors (Lipinski definition) is 2. The number of hydrogen-bond acceptors (Lipinski definition) is 4. The Morgan fingerprint density at radius 2 is 2.26 bits per heavy atom. The van der Waals surface area contributed by atoms with E-state index in [0.717, 1.165) is 29.1 Å². The highest BCUT2D eigenvalue weighted by molar-refractivity contribution is 14.0. The lowest BCUT2D eigenvalue weighted by molar-refractivity contribution is 0.441. The molecule has 1 aliphatic rings. The van der Waals surface area contributed by atoms with Gasteiger partial charge in [0.15, 0.2) is 5.96 Å². The fraction of sp³-hybridized carbons (Fsp3) is 0.500. The van der Waals surface area contributed by atoms with Gasteiger partial charge in [-0.25, -0.2) is 4.98 Å². The van der Waals surface area contributed by atoms with Gasteiger partial charge in [-0.05, 0) is 38.8 Å². The summed E-state index contributed by atoms with van der Waals surface area (Å²) in [6.07, 6.45) is 2.59. The molecule has 0 aromatic carbocycles. The van der Waals surface area contributed by atoms with Crippen LogP contribution in [0.4, 0.5) is 0 Å². The molecule has 7 heteroatoms. The Balaban J connectivity index is 0.00000192. The molecule has 1 unspecified atom stereocenters. The predicted molar refractivity (Wildman–Crippen MR) is 105 cm³/mol. The van der Waals surface area contributed by atoms with E-state index in [1.807, 2.05) is 19.1 Å². The van der Waals surface area contributed by atoms with E-state index in [1.54, 1.807) is 18.4 Å². The SMILES string of the molecule is CN=C(NCc1csc(C2CC2)n1)NC(C)c1ccc(C)o1.I. The number of aliphatic imine (C=N–C) groups is 1. The molecule has 126 valence electrons. The van der Waals surface area contributed by atoms with Crippen LogP contribution in [-0.4, -0.2) is 18.0 Å². The van der Waals surface area contributed by atoms with Crippen LogP contribution in [0.5, 0.6) is 0 Å². The van der Waals surface area contributed by atoms with Crippen molar-refractivity contribution in [1.29, 1.82) is 0 Å². The van der Waals surface area contributed by atoms with Crippen molar-refractivity contribution in [3.8, 4) is 0 Å². The molecule has 1 saturated carbocycles. The number of aromatic nitrogens is 1. The van der Waals surface area contributed by atoms with Crippen molar-refractivity contribution >= 4 is 41.3 Å². The van der Waals surface area contributed by atoms with E-state index in [1.165, 1.54) is 17.8 Å². The lowest BCUT2D eigenvalue weighted by atomic mass is 10.2. The highest BCUT2D eigenvalue weighted by Gasteiger charge is 2.26. The summed E-state index contributed by atoms with van der Waals surface area (Å²) in [6.45, 7) is 4.69. The Labute approximate surface area is 158 Å². The first-order valence-corrected chi connectivity index (χ1v) is 8.51. The van der Waals surface area contributed by atoms with Crippen LogP contribution in [0, 0.1) is 6.92 Å². The predicted octanol–water partition coefficient (Wildman–Crippen LogP) is 3.97. The lowest BCUT2D eigenvalue weighted by Gasteiger charge is -2.15. The number of nitrogens with zero attached hydrogens (tertiary/aromatic N) is 2. The van der Waals surface area contributed by atoms with E-state index in [9.17, 15) is 0 Å². The number of furan rings is 1. The van der Waals surface area contributed by atoms with Gasteiger partial charge in [-0.3, -0.25) is 4.99 Å². The standard InChI is InChI=1S/C16H22N4OS.HI/c1-10-4-7-14(21-10)11(2)19-16(17-3)18-8-13-9-22-15(20-13)12-5-6-12;/h4,7,9,11-12H,5-6,8H2,1-3H3,(H2,17,18,19);1H. The summed E-state index contributed by atoms with van der Waals surface area (Å²) in [5.74, 6) is 3.30. The summed E-state index contributed by atoms with van der Waals surface area (Å²) in [7, 11) is 1.77. The van der Waals surface area contributed by atoms with Gasteiger partial charge < -0.3 is 15.1 Å². The first kappa shape index (κ1) is 18.3. The van der Waals surface area contributed by atoms with Gasteiger partial charge in [0.1, 0.15) is 11.5 Å². The third-order valence-electron chi connectivity index (χ3n) is 3.70. The maximum absolute atomic E-state index is 5.63. The number of thiazole rings is 1. The number of nitrogens with one attached hydrogen (secondary N) is 2. The van der Waals surface area contributed by atoms with Crippen molar-refractivity contribution in [3.05, 3.63) is 39.7 Å². The van der Waals surface area contributed by atoms with Gasteiger partial charge in [0, 0.05) is 18.3 Å². The summed E-state index contributed by atoms with van der Waals surface area (Å²) in [5.41, 5.74) is 1.08. The molecular weight excluding hydrogens is 423 g/mol. The maximum atomic E-state index is 5.63. The van der Waals surface area contributed by atoms with Crippen LogP contribution in [0.1, 0.15) is 53.9 Å². The second kappa shape index (κ2) is 8.14. The Kier molecular flexibility index (Phi) is 6.46. The third kappa shape index (κ3) is 4.94. The molecule has 5 nitrogen and oxygen atoms in total. The van der Waals surface area contributed by atoms with Crippen LogP contribution in [0.15, 0.2) is 26.9 Å². The van der Waals surface area contributed by atoms with Crippen molar-refractivity contribution in [3.63, 3.8) is 0 Å². The molecule has 0 radical (unpaired) electrons. The fourth-order valence-corrected chi connectivity index (χ4v) is 3.24. The summed E-state index contributed by atoms with van der Waals surface area (Å²) >= 11 is 1.77. The average molecular weight is 446 g/mol. The van der Waals surface area contributed by atoms with E-state index >= 15 is 0 Å². The lowest BCUT2D eigenvalue weighted by Crippen LogP contribution is -2.38. The van der Waals surface area contributed by atoms with Crippen molar-refractivity contribution < 1.29 is 4.42 Å². The molecule has 2 heterocycles. The van der Waals surface area contributed by atoms with E-state index in [-0.39, 0.29) is 30.0 Å². The van der Waals surface area contributed by atoms with Gasteiger partial charge >= 0.3 is 0 Å². The molecule has 0 bridgehead atoms. The fourth-order valence-electron chi connectivity index (χ4n) is 2.25. The second-order valence-corrected chi connectivity index (χ2v) is 6.58. The average Bonchev–Trinajstić information content (AvgIpc) is 3.09. The summed E-state index contributed by atoms with van der Waals surface area (Å²) in [5, 5.41) is 10.0. The van der Waals surface area contributed by atoms with Crippen LogP contribution in [0.3, 0.4) is 0 Å². The molecule has 0 spiro atoms. The minimum absolute atomic E-state index is 0. The number of guanidine groups is 1. The Morgan fingerprint density at radius 3 is 2.87 bits per heavy atom. The summed E-state index contributed by atoms with van der Waals surface area (Å²) < 4.78 is 5.63. The normalized spacial score (nSPS) is 15.9. The van der Waals surface area contributed by atoms with Gasteiger partial charge in [-0.2, -0.15) is 0 Å². The molecule has 2 aromatic heterocycles. The van der Waals surface area contributed by atoms with Gasteiger partial charge in [0.05, 0.1) is 23.3 Å². The molecular formula is C16H23IN4OS. The van der Waals surface area contributed by atoms with Crippen molar-refractivity contribution in [2.24, 2.45) is 4.99 Å². The number of rotatable bonds is 5. The van der Waals surface area contributed by atoms with Crippen LogP contribution in [-0.2, 0) is 6.54 Å². The molecule has 1 aliphatic carbocycles. The highest BCUT2D eigenvalue weighted by Crippen LogP contribution is 2.41.